The molecule has 0 aliphatic heterocycles. The third-order valence-electron chi connectivity index (χ3n) is 3.57. The number of aromatic nitrogens is 3. The van der Waals surface area contributed by atoms with Gasteiger partial charge in [-0.3, -0.25) is 4.98 Å². The van der Waals surface area contributed by atoms with E-state index < -0.39 is 5.60 Å². The van der Waals surface area contributed by atoms with E-state index >= 15 is 0 Å². The van der Waals surface area contributed by atoms with Gasteiger partial charge in [0, 0.05) is 30.4 Å². The Morgan fingerprint density at radius 2 is 1.96 bits per heavy atom. The Morgan fingerprint density at radius 1 is 1.13 bits per heavy atom. The molecule has 1 atom stereocenters. The molecule has 0 fully saturated rings. The average molecular weight is 309 g/mol. The minimum atomic E-state index is -1.25. The number of pyridine rings is 1. The summed E-state index contributed by atoms with van der Waals surface area (Å²) in [5.74, 6) is -0.289. The summed E-state index contributed by atoms with van der Waals surface area (Å²) in [4.78, 5) is 8.08. The van der Waals surface area contributed by atoms with Crippen LogP contribution in [0.1, 0.15) is 11.1 Å². The van der Waals surface area contributed by atoms with E-state index in [9.17, 15) is 9.50 Å². The molecule has 116 valence electrons. The minimum Gasteiger partial charge on any atom is -0.379 e. The van der Waals surface area contributed by atoms with Crippen molar-refractivity contribution in [3.05, 3.63) is 90.5 Å². The van der Waals surface area contributed by atoms with Crippen molar-refractivity contribution >= 4 is 6.08 Å². The van der Waals surface area contributed by atoms with E-state index in [1.165, 1.54) is 12.1 Å². The van der Waals surface area contributed by atoms with Gasteiger partial charge in [-0.25, -0.2) is 9.37 Å². The number of rotatable bonds is 5. The topological polar surface area (TPSA) is 50.9 Å². The Balaban J connectivity index is 1.93. The molecule has 4 nitrogen and oxygen atoms in total. The van der Waals surface area contributed by atoms with E-state index in [4.69, 9.17) is 0 Å². The number of halogens is 1. The van der Waals surface area contributed by atoms with E-state index in [0.29, 0.717) is 12.1 Å². The van der Waals surface area contributed by atoms with Gasteiger partial charge in [0.2, 0.25) is 0 Å². The summed E-state index contributed by atoms with van der Waals surface area (Å²) in [6.07, 6.45) is 11.8. The first-order valence-corrected chi connectivity index (χ1v) is 7.19. The maximum atomic E-state index is 13.0. The highest BCUT2D eigenvalue weighted by molar-refractivity contribution is 5.51. The normalized spacial score (nSPS) is 14.0. The number of hydrogen-bond acceptors (Lipinski definition) is 3. The summed E-state index contributed by atoms with van der Waals surface area (Å²) >= 11 is 0. The SMILES string of the molecule is O[C@](/C=C\c1ccc(F)cc1)(Cn1ccnc1)c1cccnc1. The lowest BCUT2D eigenvalue weighted by Crippen LogP contribution is -2.28. The summed E-state index contributed by atoms with van der Waals surface area (Å²) in [7, 11) is 0. The molecular weight excluding hydrogens is 293 g/mol. The smallest absolute Gasteiger partial charge is 0.127 e. The van der Waals surface area contributed by atoms with Crippen molar-refractivity contribution in [2.45, 2.75) is 12.1 Å². The van der Waals surface area contributed by atoms with Gasteiger partial charge in [-0.15, -0.1) is 0 Å². The van der Waals surface area contributed by atoms with Crippen molar-refractivity contribution in [1.29, 1.82) is 0 Å². The molecule has 0 unspecified atom stereocenters. The van der Waals surface area contributed by atoms with E-state index in [0.717, 1.165) is 5.56 Å². The molecule has 23 heavy (non-hydrogen) atoms. The number of nitrogens with zero attached hydrogens (tertiary/aromatic N) is 3. The highest BCUT2D eigenvalue weighted by Gasteiger charge is 2.27. The van der Waals surface area contributed by atoms with Gasteiger partial charge < -0.3 is 9.67 Å². The number of imidazole rings is 1. The fraction of sp³-hybridized carbons (Fsp3) is 0.111. The van der Waals surface area contributed by atoms with Gasteiger partial charge in [0.25, 0.3) is 0 Å². The maximum absolute atomic E-state index is 13.0. The zero-order valence-electron chi connectivity index (χ0n) is 12.4. The summed E-state index contributed by atoms with van der Waals surface area (Å²) in [5.41, 5.74) is 0.231. The van der Waals surface area contributed by atoms with E-state index in [1.54, 1.807) is 66.0 Å². The van der Waals surface area contributed by atoms with Gasteiger partial charge >= 0.3 is 0 Å². The molecule has 0 aliphatic carbocycles. The van der Waals surface area contributed by atoms with Crippen LogP contribution < -0.4 is 0 Å². The molecule has 3 rings (SSSR count). The second-order valence-corrected chi connectivity index (χ2v) is 5.29. The molecule has 2 aromatic heterocycles. The first-order valence-electron chi connectivity index (χ1n) is 7.19. The van der Waals surface area contributed by atoms with Crippen molar-refractivity contribution in [1.82, 2.24) is 14.5 Å². The molecule has 3 aromatic rings. The van der Waals surface area contributed by atoms with E-state index in [2.05, 4.69) is 9.97 Å². The highest BCUT2D eigenvalue weighted by Crippen LogP contribution is 2.25. The Morgan fingerprint density at radius 3 is 2.61 bits per heavy atom. The van der Waals surface area contributed by atoms with Crippen molar-refractivity contribution < 1.29 is 9.50 Å². The molecule has 0 spiro atoms. The molecule has 1 aromatic carbocycles. The Kier molecular flexibility index (Phi) is 4.30. The van der Waals surface area contributed by atoms with Crippen LogP contribution in [-0.2, 0) is 12.1 Å². The molecule has 0 saturated carbocycles. The van der Waals surface area contributed by atoms with Crippen LogP contribution in [0.25, 0.3) is 6.08 Å². The molecule has 5 heteroatoms. The Hall–Kier alpha value is -2.79. The lowest BCUT2D eigenvalue weighted by atomic mass is 9.93. The van der Waals surface area contributed by atoms with Crippen LogP contribution in [0.3, 0.4) is 0 Å². The second-order valence-electron chi connectivity index (χ2n) is 5.29. The van der Waals surface area contributed by atoms with Crippen molar-refractivity contribution in [2.24, 2.45) is 0 Å². The maximum Gasteiger partial charge on any atom is 0.127 e. The largest absolute Gasteiger partial charge is 0.379 e. The predicted molar refractivity (Wildman–Crippen MR) is 85.8 cm³/mol. The predicted octanol–water partition coefficient (Wildman–Crippen LogP) is 3.02. The first kappa shape index (κ1) is 15.1. The van der Waals surface area contributed by atoms with Crippen LogP contribution in [0.15, 0.2) is 73.6 Å². The average Bonchev–Trinajstić information content (AvgIpc) is 3.08. The Bertz CT molecular complexity index is 770. The summed E-state index contributed by atoms with van der Waals surface area (Å²) in [6.45, 7) is 0.302. The molecule has 0 saturated heterocycles. The first-order chi connectivity index (χ1) is 11.2. The fourth-order valence-electron chi connectivity index (χ4n) is 2.33. The quantitative estimate of drug-likeness (QED) is 0.788. The molecule has 0 aliphatic rings. The van der Waals surface area contributed by atoms with Crippen molar-refractivity contribution in [3.8, 4) is 0 Å². The van der Waals surface area contributed by atoms with Gasteiger partial charge in [-0.1, -0.05) is 24.3 Å². The van der Waals surface area contributed by atoms with Gasteiger partial charge in [0.05, 0.1) is 12.9 Å². The van der Waals surface area contributed by atoms with Crippen LogP contribution in [0.2, 0.25) is 0 Å². The van der Waals surface area contributed by atoms with Crippen LogP contribution in [0, 0.1) is 5.82 Å². The van der Waals surface area contributed by atoms with Gasteiger partial charge in [0.1, 0.15) is 11.4 Å². The summed E-state index contributed by atoms with van der Waals surface area (Å²) in [5, 5.41) is 11.1. The molecule has 1 N–H and O–H groups in total. The highest BCUT2D eigenvalue weighted by atomic mass is 19.1. The lowest BCUT2D eigenvalue weighted by Gasteiger charge is -2.25. The zero-order valence-corrected chi connectivity index (χ0v) is 12.4. The number of aliphatic hydroxyl groups is 1. The van der Waals surface area contributed by atoms with Crippen LogP contribution in [-0.4, -0.2) is 19.6 Å². The van der Waals surface area contributed by atoms with Crippen LogP contribution in [0.4, 0.5) is 4.39 Å². The second kappa shape index (κ2) is 6.54. The molecule has 2 heterocycles. The monoisotopic (exact) mass is 309 g/mol. The summed E-state index contributed by atoms with van der Waals surface area (Å²) in [6, 6.07) is 9.69. The molecular formula is C18H16FN3O. The van der Waals surface area contributed by atoms with Crippen LogP contribution in [0.5, 0.6) is 0 Å². The third-order valence-corrected chi connectivity index (χ3v) is 3.57. The lowest BCUT2D eigenvalue weighted by molar-refractivity contribution is 0.0701. The molecule has 0 amide bonds. The zero-order chi connectivity index (χ0) is 16.1. The fourth-order valence-corrected chi connectivity index (χ4v) is 2.33. The summed E-state index contributed by atoms with van der Waals surface area (Å²) < 4.78 is 14.8. The number of benzene rings is 1. The minimum absolute atomic E-state index is 0.289. The van der Waals surface area contributed by atoms with E-state index in [-0.39, 0.29) is 5.82 Å². The molecule has 0 bridgehead atoms. The standard InChI is InChI=1S/C18H16FN3O/c19-17-5-3-15(4-6-17)7-8-18(23,13-22-11-10-21-14-22)16-2-1-9-20-12-16/h1-12,14,23H,13H2/b8-7-/t18-/m1/s1. The van der Waals surface area contributed by atoms with Gasteiger partial charge in [-0.2, -0.15) is 0 Å². The van der Waals surface area contributed by atoms with Crippen LogP contribution >= 0.6 is 0 Å². The van der Waals surface area contributed by atoms with Crippen molar-refractivity contribution in [2.75, 3.05) is 0 Å². The van der Waals surface area contributed by atoms with Gasteiger partial charge in [0.15, 0.2) is 0 Å². The van der Waals surface area contributed by atoms with Gasteiger partial charge in [-0.05, 0) is 29.8 Å². The van der Waals surface area contributed by atoms with Crippen molar-refractivity contribution in [3.63, 3.8) is 0 Å². The third kappa shape index (κ3) is 3.70. The Labute approximate surface area is 133 Å². The van der Waals surface area contributed by atoms with E-state index in [1.807, 2.05) is 6.07 Å². The molecule has 0 radical (unpaired) electrons. The number of hydrogen-bond donors (Lipinski definition) is 1.